The third-order valence-corrected chi connectivity index (χ3v) is 15.3. The summed E-state index contributed by atoms with van der Waals surface area (Å²) in [6.07, 6.45) is 0. The maximum absolute atomic E-state index is 2.65. The van der Waals surface area contributed by atoms with Gasteiger partial charge in [0, 0.05) is 50.3 Å². The molecule has 0 amide bonds. The van der Waals surface area contributed by atoms with Crippen LogP contribution in [0.5, 0.6) is 0 Å². The summed E-state index contributed by atoms with van der Waals surface area (Å²) in [6, 6.07) is 58.5. The third-order valence-electron chi connectivity index (χ3n) is 15.3. The molecule has 0 unspecified atom stereocenters. The zero-order valence-electron chi connectivity index (χ0n) is 40.4. The molecule has 0 saturated heterocycles. The molecular weight excluding hydrogens is 798 g/mol. The van der Waals surface area contributed by atoms with Crippen molar-refractivity contribution < 1.29 is 0 Å². The number of hydrogen-bond donors (Lipinski definition) is 0. The molecule has 0 bridgehead atoms. The summed E-state index contributed by atoms with van der Waals surface area (Å²) in [5, 5.41) is 2.54. The lowest BCUT2D eigenvalue weighted by Crippen LogP contribution is -2.61. The molecule has 0 N–H and O–H groups in total. The van der Waals surface area contributed by atoms with Gasteiger partial charge in [0.1, 0.15) is 0 Å². The highest BCUT2D eigenvalue weighted by Crippen LogP contribution is 2.53. The summed E-state index contributed by atoms with van der Waals surface area (Å²) < 4.78 is 2.47. The van der Waals surface area contributed by atoms with E-state index >= 15 is 0 Å². The second-order valence-electron chi connectivity index (χ2n) is 22.1. The molecule has 1 aliphatic carbocycles. The fourth-order valence-corrected chi connectivity index (χ4v) is 12.0. The first-order chi connectivity index (χ1) is 31.5. The van der Waals surface area contributed by atoms with Crippen LogP contribution in [0.1, 0.15) is 94.3 Å². The van der Waals surface area contributed by atoms with Crippen molar-refractivity contribution in [1.29, 1.82) is 0 Å². The van der Waals surface area contributed by atoms with Crippen LogP contribution in [0, 0.1) is 20.8 Å². The fraction of sp³-hybridized carbons (Fsp3) is 0.226. The summed E-state index contributed by atoms with van der Waals surface area (Å²) in [4.78, 5) is 5.27. The van der Waals surface area contributed by atoms with Crippen molar-refractivity contribution in [2.45, 2.75) is 92.4 Å². The first-order valence-electron chi connectivity index (χ1n) is 23.9. The smallest absolute Gasteiger partial charge is 0.252 e. The van der Waals surface area contributed by atoms with Crippen molar-refractivity contribution in [3.63, 3.8) is 0 Å². The Labute approximate surface area is 391 Å². The van der Waals surface area contributed by atoms with Crippen LogP contribution >= 0.6 is 0 Å². The maximum Gasteiger partial charge on any atom is 0.252 e. The molecule has 66 heavy (non-hydrogen) atoms. The molecule has 324 valence electrons. The quantitative estimate of drug-likeness (QED) is 0.164. The van der Waals surface area contributed by atoms with Gasteiger partial charge in [-0.15, -0.1) is 0 Å². The lowest BCUT2D eigenvalue weighted by molar-refractivity contribution is 0.589. The van der Waals surface area contributed by atoms with E-state index in [1.165, 1.54) is 128 Å². The molecule has 4 heteroatoms. The van der Waals surface area contributed by atoms with E-state index < -0.39 is 0 Å². The zero-order chi connectivity index (χ0) is 45.8. The van der Waals surface area contributed by atoms with Crippen LogP contribution in [-0.2, 0) is 16.2 Å². The summed E-state index contributed by atoms with van der Waals surface area (Å²) in [7, 11) is 0. The van der Waals surface area contributed by atoms with Gasteiger partial charge in [-0.2, -0.15) is 0 Å². The number of benzene rings is 8. The van der Waals surface area contributed by atoms with E-state index in [0.29, 0.717) is 0 Å². The number of rotatable bonds is 3. The lowest BCUT2D eigenvalue weighted by Gasteiger charge is -2.45. The summed E-state index contributed by atoms with van der Waals surface area (Å²) >= 11 is 0. The minimum Gasteiger partial charge on any atom is -0.311 e. The van der Waals surface area contributed by atoms with Crippen molar-refractivity contribution in [2.24, 2.45) is 0 Å². The maximum atomic E-state index is 2.65. The van der Waals surface area contributed by atoms with Gasteiger partial charge in [0.15, 0.2) is 0 Å². The van der Waals surface area contributed by atoms with Crippen molar-refractivity contribution >= 4 is 79.0 Å². The molecule has 3 heterocycles. The number of nitrogens with zero attached hydrogens (tertiary/aromatic N) is 3. The molecule has 0 fully saturated rings. The molecule has 1 aromatic heterocycles. The van der Waals surface area contributed by atoms with E-state index in [2.05, 4.69) is 242 Å². The molecule has 8 aromatic carbocycles. The summed E-state index contributed by atoms with van der Waals surface area (Å²) in [5.41, 5.74) is 26.9. The highest BCUT2D eigenvalue weighted by Gasteiger charge is 2.45. The Morgan fingerprint density at radius 2 is 1.09 bits per heavy atom. The fourth-order valence-electron chi connectivity index (χ4n) is 12.0. The van der Waals surface area contributed by atoms with E-state index in [4.69, 9.17) is 0 Å². The molecule has 2 aliphatic heterocycles. The lowest BCUT2D eigenvalue weighted by atomic mass is 9.33. The van der Waals surface area contributed by atoms with Gasteiger partial charge in [0.2, 0.25) is 0 Å². The molecule has 0 spiro atoms. The first-order valence-corrected chi connectivity index (χ1v) is 23.9. The van der Waals surface area contributed by atoms with Crippen LogP contribution in [0.15, 0.2) is 152 Å². The first kappa shape index (κ1) is 40.7. The van der Waals surface area contributed by atoms with Crippen molar-refractivity contribution in [1.82, 2.24) is 4.57 Å². The predicted octanol–water partition coefficient (Wildman–Crippen LogP) is 14.7. The van der Waals surface area contributed by atoms with Gasteiger partial charge in [0.05, 0.1) is 16.7 Å². The van der Waals surface area contributed by atoms with Gasteiger partial charge >= 0.3 is 0 Å². The largest absolute Gasteiger partial charge is 0.311 e. The predicted molar refractivity (Wildman–Crippen MR) is 284 cm³/mol. The van der Waals surface area contributed by atoms with Crippen molar-refractivity contribution in [2.75, 3.05) is 9.80 Å². The van der Waals surface area contributed by atoms with Crippen LogP contribution in [0.2, 0.25) is 0 Å². The van der Waals surface area contributed by atoms with Gasteiger partial charge in [-0.3, -0.25) is 0 Å². The van der Waals surface area contributed by atoms with Crippen LogP contribution in [0.3, 0.4) is 0 Å². The highest BCUT2D eigenvalue weighted by molar-refractivity contribution is 7.00. The van der Waals surface area contributed by atoms with E-state index in [9.17, 15) is 0 Å². The Hall–Kier alpha value is -6.78. The molecular formula is C62H58BN3. The molecule has 12 rings (SSSR count). The normalized spacial score (nSPS) is 14.6. The Morgan fingerprint density at radius 3 is 1.82 bits per heavy atom. The van der Waals surface area contributed by atoms with Crippen LogP contribution in [0.25, 0.3) is 38.6 Å². The minimum absolute atomic E-state index is 0.00469. The number of aromatic nitrogens is 1. The standard InChI is InChI=1S/C62H58BN3/c1-37-29-56-58-57(30-37)66(59-38(2)31-41(32-39(59)3)61(7,8)9)55-36-53-47(46-22-16-18-24-52(46)64(53)42-19-13-12-14-20-42)35-51(55)63(58)50-28-25-40(60(4,5)6)33-54(50)65(56)43-26-27-45-44-21-15-17-23-48(44)62(10,11)49(45)34-43/h12-36H,1-11H3. The molecule has 0 radical (unpaired) electrons. The Bertz CT molecular complexity index is 3500. The van der Waals surface area contributed by atoms with E-state index in [1.807, 2.05) is 0 Å². The molecule has 3 aliphatic rings. The van der Waals surface area contributed by atoms with Crippen LogP contribution < -0.4 is 26.2 Å². The summed E-state index contributed by atoms with van der Waals surface area (Å²) in [6.45, 7) is 25.7. The zero-order valence-corrected chi connectivity index (χ0v) is 40.4. The molecule has 0 saturated carbocycles. The Morgan fingerprint density at radius 1 is 0.455 bits per heavy atom. The van der Waals surface area contributed by atoms with Crippen molar-refractivity contribution in [3.05, 3.63) is 191 Å². The van der Waals surface area contributed by atoms with Gasteiger partial charge in [-0.05, 0) is 153 Å². The number of fused-ring (bicyclic) bond motifs is 10. The minimum atomic E-state index is -0.128. The van der Waals surface area contributed by atoms with E-state index in [1.54, 1.807) is 0 Å². The van der Waals surface area contributed by atoms with Crippen LogP contribution in [-0.4, -0.2) is 11.3 Å². The molecule has 0 atom stereocenters. The number of aryl methyl sites for hydroxylation is 3. The SMILES string of the molecule is Cc1cc2c3c(c1)N(c1c(C)cc(C(C)(C)C)cc1C)c1cc4c(cc1B3c1ccc(C(C)(C)C)cc1N2c1ccc2c(c1)C(C)(C)c1ccccc1-2)c1ccccc1n4-c1ccccc1. The highest BCUT2D eigenvalue weighted by atomic mass is 15.2. The Kier molecular flexibility index (Phi) is 8.56. The number of para-hydroxylation sites is 2. The average Bonchev–Trinajstić information content (AvgIpc) is 3.72. The monoisotopic (exact) mass is 855 g/mol. The van der Waals surface area contributed by atoms with Gasteiger partial charge < -0.3 is 14.4 Å². The summed E-state index contributed by atoms with van der Waals surface area (Å²) in [5.74, 6) is 0. The third kappa shape index (κ3) is 5.76. The van der Waals surface area contributed by atoms with Crippen molar-refractivity contribution in [3.8, 4) is 16.8 Å². The molecule has 3 nitrogen and oxygen atoms in total. The van der Waals surface area contributed by atoms with Gasteiger partial charge in [0.25, 0.3) is 6.71 Å². The van der Waals surface area contributed by atoms with E-state index in [0.717, 1.165) is 0 Å². The topological polar surface area (TPSA) is 11.4 Å². The average molecular weight is 856 g/mol. The Balaban J connectivity index is 1.20. The number of hydrogen-bond acceptors (Lipinski definition) is 2. The van der Waals surface area contributed by atoms with E-state index in [-0.39, 0.29) is 23.0 Å². The second-order valence-corrected chi connectivity index (χ2v) is 22.1. The second kappa shape index (κ2) is 13.9. The number of anilines is 6. The molecule has 9 aromatic rings. The van der Waals surface area contributed by atoms with Crippen LogP contribution in [0.4, 0.5) is 34.1 Å². The van der Waals surface area contributed by atoms with Gasteiger partial charge in [-0.1, -0.05) is 152 Å². The van der Waals surface area contributed by atoms with Gasteiger partial charge in [-0.25, -0.2) is 0 Å².